The van der Waals surface area contributed by atoms with Gasteiger partial charge in [-0.3, -0.25) is 4.79 Å². The molecule has 3 saturated carbocycles. The van der Waals surface area contributed by atoms with Gasteiger partial charge in [-0.15, -0.1) is 0 Å². The van der Waals surface area contributed by atoms with E-state index in [9.17, 15) is 4.79 Å². The molecule has 0 aromatic carbocycles. The van der Waals surface area contributed by atoms with E-state index in [0.29, 0.717) is 29.8 Å². The molecule has 3 heteroatoms. The zero-order chi connectivity index (χ0) is 15.7. The van der Waals surface area contributed by atoms with Gasteiger partial charge in [-0.25, -0.2) is 0 Å². The van der Waals surface area contributed by atoms with Crippen molar-refractivity contribution in [3.8, 4) is 0 Å². The maximum Gasteiger partial charge on any atom is 0.225 e. The second-order valence-corrected chi connectivity index (χ2v) is 8.23. The Morgan fingerprint density at radius 1 is 1.05 bits per heavy atom. The smallest absolute Gasteiger partial charge is 0.225 e. The van der Waals surface area contributed by atoms with E-state index in [1.807, 2.05) is 0 Å². The van der Waals surface area contributed by atoms with Crippen molar-refractivity contribution in [2.75, 3.05) is 7.05 Å². The molecule has 2 atom stereocenters. The predicted molar refractivity (Wildman–Crippen MR) is 90.3 cm³/mol. The van der Waals surface area contributed by atoms with Gasteiger partial charge in [-0.1, -0.05) is 19.8 Å². The van der Waals surface area contributed by atoms with Crippen molar-refractivity contribution in [1.82, 2.24) is 4.90 Å². The summed E-state index contributed by atoms with van der Waals surface area (Å²) in [6, 6.07) is 0.855. The fourth-order valence-corrected chi connectivity index (χ4v) is 5.40. The van der Waals surface area contributed by atoms with E-state index in [4.69, 9.17) is 5.73 Å². The molecule has 0 saturated heterocycles. The van der Waals surface area contributed by atoms with Gasteiger partial charge in [0.15, 0.2) is 0 Å². The van der Waals surface area contributed by atoms with Crippen LogP contribution in [0.4, 0.5) is 0 Å². The van der Waals surface area contributed by atoms with E-state index in [0.717, 1.165) is 18.8 Å². The van der Waals surface area contributed by atoms with Crippen LogP contribution in [0.5, 0.6) is 0 Å². The Balaban J connectivity index is 1.57. The Bertz CT molecular complexity index is 375. The summed E-state index contributed by atoms with van der Waals surface area (Å²) < 4.78 is 0. The zero-order valence-electron chi connectivity index (χ0n) is 14.5. The van der Waals surface area contributed by atoms with E-state index >= 15 is 0 Å². The molecule has 3 rings (SSSR count). The SMILES string of the molecule is CCC1CCC(N(C)C(=O)C2CC3CCCC(C2)C3N)CC1. The molecule has 0 heterocycles. The highest BCUT2D eigenvalue weighted by Gasteiger charge is 2.42. The zero-order valence-corrected chi connectivity index (χ0v) is 14.5. The molecule has 0 radical (unpaired) electrons. The molecule has 2 unspecified atom stereocenters. The normalized spacial score (nSPS) is 42.0. The molecule has 126 valence electrons. The standard InChI is InChI=1S/C19H34N2O/c1-3-13-7-9-17(10-8-13)21(2)19(22)16-11-14-5-4-6-15(12-16)18(14)20/h13-18H,3-12,20H2,1-2H3. The van der Waals surface area contributed by atoms with Crippen LogP contribution in [0.25, 0.3) is 0 Å². The molecule has 1 amide bonds. The number of rotatable bonds is 3. The van der Waals surface area contributed by atoms with Crippen LogP contribution in [0.3, 0.4) is 0 Å². The molecular weight excluding hydrogens is 272 g/mol. The third-order valence-corrected chi connectivity index (χ3v) is 7.05. The van der Waals surface area contributed by atoms with Crippen LogP contribution in [-0.2, 0) is 4.79 Å². The second kappa shape index (κ2) is 6.90. The molecule has 3 nitrogen and oxygen atoms in total. The molecular formula is C19H34N2O. The minimum atomic E-state index is 0.254. The number of fused-ring (bicyclic) bond motifs is 2. The summed E-state index contributed by atoms with van der Waals surface area (Å²) in [6.07, 6.45) is 12.2. The van der Waals surface area contributed by atoms with E-state index in [1.165, 1.54) is 51.4 Å². The van der Waals surface area contributed by atoms with Crippen molar-refractivity contribution < 1.29 is 4.79 Å². The summed E-state index contributed by atoms with van der Waals surface area (Å²) in [5.41, 5.74) is 6.37. The highest BCUT2D eigenvalue weighted by molar-refractivity contribution is 5.79. The largest absolute Gasteiger partial charge is 0.343 e. The highest BCUT2D eigenvalue weighted by atomic mass is 16.2. The van der Waals surface area contributed by atoms with Crippen molar-refractivity contribution in [3.63, 3.8) is 0 Å². The van der Waals surface area contributed by atoms with Crippen LogP contribution >= 0.6 is 0 Å². The van der Waals surface area contributed by atoms with E-state index in [2.05, 4.69) is 18.9 Å². The van der Waals surface area contributed by atoms with Gasteiger partial charge in [-0.2, -0.15) is 0 Å². The van der Waals surface area contributed by atoms with Crippen LogP contribution in [-0.4, -0.2) is 29.9 Å². The number of hydrogen-bond donors (Lipinski definition) is 1. The lowest BCUT2D eigenvalue weighted by Gasteiger charge is -2.45. The monoisotopic (exact) mass is 306 g/mol. The third-order valence-electron chi connectivity index (χ3n) is 7.05. The number of nitrogens with two attached hydrogens (primary N) is 1. The first-order valence-corrected chi connectivity index (χ1v) is 9.62. The van der Waals surface area contributed by atoms with Crippen LogP contribution in [0, 0.1) is 23.7 Å². The van der Waals surface area contributed by atoms with Crippen molar-refractivity contribution >= 4 is 5.91 Å². The fourth-order valence-electron chi connectivity index (χ4n) is 5.40. The van der Waals surface area contributed by atoms with Crippen molar-refractivity contribution in [2.24, 2.45) is 29.4 Å². The lowest BCUT2D eigenvalue weighted by molar-refractivity contribution is -0.140. The molecule has 2 bridgehead atoms. The molecule has 3 fully saturated rings. The number of nitrogens with zero attached hydrogens (tertiary/aromatic N) is 1. The Morgan fingerprint density at radius 2 is 1.64 bits per heavy atom. The van der Waals surface area contributed by atoms with Gasteiger partial charge in [0.1, 0.15) is 0 Å². The van der Waals surface area contributed by atoms with Crippen LogP contribution in [0.15, 0.2) is 0 Å². The Hall–Kier alpha value is -0.570. The molecule has 0 aromatic heterocycles. The number of carbonyl (C=O) groups excluding carboxylic acids is 1. The predicted octanol–water partition coefficient (Wildman–Crippen LogP) is 3.57. The maximum absolute atomic E-state index is 13.0. The van der Waals surface area contributed by atoms with Crippen LogP contribution in [0.2, 0.25) is 0 Å². The van der Waals surface area contributed by atoms with E-state index in [1.54, 1.807) is 0 Å². The molecule has 2 N–H and O–H groups in total. The summed E-state index contributed by atoms with van der Waals surface area (Å²) in [6.45, 7) is 2.30. The van der Waals surface area contributed by atoms with Crippen molar-refractivity contribution in [3.05, 3.63) is 0 Å². The minimum absolute atomic E-state index is 0.254. The maximum atomic E-state index is 13.0. The van der Waals surface area contributed by atoms with Gasteiger partial charge in [0.2, 0.25) is 5.91 Å². The summed E-state index contributed by atoms with van der Waals surface area (Å²) in [4.78, 5) is 15.1. The average Bonchev–Trinajstić information content (AvgIpc) is 2.53. The van der Waals surface area contributed by atoms with E-state index in [-0.39, 0.29) is 5.92 Å². The van der Waals surface area contributed by atoms with Crippen molar-refractivity contribution in [2.45, 2.75) is 83.2 Å². The molecule has 0 aromatic rings. The number of carbonyl (C=O) groups is 1. The third kappa shape index (κ3) is 3.20. The Morgan fingerprint density at radius 3 is 2.18 bits per heavy atom. The molecule has 3 aliphatic carbocycles. The van der Waals surface area contributed by atoms with Gasteiger partial charge in [0, 0.05) is 25.0 Å². The quantitative estimate of drug-likeness (QED) is 0.866. The first kappa shape index (κ1) is 16.3. The van der Waals surface area contributed by atoms with Gasteiger partial charge in [0.25, 0.3) is 0 Å². The number of amides is 1. The lowest BCUT2D eigenvalue weighted by Crippen LogP contribution is -2.50. The topological polar surface area (TPSA) is 46.3 Å². The molecule has 0 aliphatic heterocycles. The minimum Gasteiger partial charge on any atom is -0.343 e. The van der Waals surface area contributed by atoms with Gasteiger partial charge in [0.05, 0.1) is 0 Å². The van der Waals surface area contributed by atoms with E-state index < -0.39 is 0 Å². The van der Waals surface area contributed by atoms with Crippen LogP contribution < -0.4 is 5.73 Å². The summed E-state index contributed by atoms with van der Waals surface area (Å²) in [5.74, 6) is 2.77. The van der Waals surface area contributed by atoms with Crippen molar-refractivity contribution in [1.29, 1.82) is 0 Å². The van der Waals surface area contributed by atoms with Gasteiger partial charge < -0.3 is 10.6 Å². The molecule has 22 heavy (non-hydrogen) atoms. The highest BCUT2D eigenvalue weighted by Crippen LogP contribution is 2.42. The van der Waals surface area contributed by atoms with Crippen LogP contribution in [0.1, 0.15) is 71.1 Å². The first-order chi connectivity index (χ1) is 10.6. The lowest BCUT2D eigenvalue weighted by atomic mass is 9.65. The summed E-state index contributed by atoms with van der Waals surface area (Å²) in [7, 11) is 2.06. The summed E-state index contributed by atoms with van der Waals surface area (Å²) >= 11 is 0. The molecule has 0 spiro atoms. The molecule has 3 aliphatic rings. The fraction of sp³-hybridized carbons (Fsp3) is 0.947. The Kier molecular flexibility index (Phi) is 5.11. The number of hydrogen-bond acceptors (Lipinski definition) is 2. The Labute approximate surface area is 136 Å². The van der Waals surface area contributed by atoms with Gasteiger partial charge >= 0.3 is 0 Å². The summed E-state index contributed by atoms with van der Waals surface area (Å²) in [5, 5.41) is 0. The van der Waals surface area contributed by atoms with Gasteiger partial charge in [-0.05, 0) is 69.1 Å². The second-order valence-electron chi connectivity index (χ2n) is 8.23. The first-order valence-electron chi connectivity index (χ1n) is 9.62. The average molecular weight is 306 g/mol.